The van der Waals surface area contributed by atoms with E-state index in [0.717, 1.165) is 50.1 Å². The molecule has 3 aliphatic carbocycles. The van der Waals surface area contributed by atoms with Crippen LogP contribution in [0.3, 0.4) is 0 Å². The Bertz CT molecular complexity index is 1770. The van der Waals surface area contributed by atoms with Crippen LogP contribution in [0.2, 0.25) is 0 Å². The van der Waals surface area contributed by atoms with Crippen molar-refractivity contribution in [3.8, 4) is 0 Å². The predicted molar refractivity (Wildman–Crippen MR) is 142 cm³/mol. The predicted octanol–water partition coefficient (Wildman–Crippen LogP) is 3.46. The molecule has 3 fully saturated rings. The SMILES string of the molecule is CS(=O)(=O)Nc1ccc2c(c1)S(=O)(=O)NC(C1=C(O)[C@@H]3C4CCC(CC4)[C@@H]3N(Cc3ccc(F)c(F)c3F)C1=O)=N2. The first-order valence-corrected chi connectivity index (χ1v) is 16.2. The fourth-order valence-electron chi connectivity index (χ4n) is 6.61. The maximum Gasteiger partial charge on any atom is 0.265 e. The molecule has 15 heteroatoms. The fraction of sp³-hybridized carbons (Fsp3) is 0.385. The average Bonchev–Trinajstić information content (AvgIpc) is 2.90. The van der Waals surface area contributed by atoms with Crippen LogP contribution in [0.25, 0.3) is 0 Å². The molecule has 218 valence electrons. The van der Waals surface area contributed by atoms with Crippen molar-refractivity contribution >= 4 is 43.2 Å². The van der Waals surface area contributed by atoms with Gasteiger partial charge in [0.25, 0.3) is 15.9 Å². The minimum absolute atomic E-state index is 0.0214. The van der Waals surface area contributed by atoms with E-state index in [0.29, 0.717) is 0 Å². The Kier molecular flexibility index (Phi) is 6.37. The van der Waals surface area contributed by atoms with Crippen LogP contribution in [0.1, 0.15) is 31.2 Å². The van der Waals surface area contributed by atoms with Gasteiger partial charge in [0.15, 0.2) is 23.3 Å². The Hall–Kier alpha value is -3.59. The number of nitrogens with zero attached hydrogens (tertiary/aromatic N) is 2. The second-order valence-electron chi connectivity index (χ2n) is 10.8. The Labute approximate surface area is 234 Å². The second kappa shape index (κ2) is 9.48. The van der Waals surface area contributed by atoms with Crippen LogP contribution in [0.4, 0.5) is 24.5 Å². The highest BCUT2D eigenvalue weighted by Crippen LogP contribution is 2.52. The molecule has 0 spiro atoms. The summed E-state index contributed by atoms with van der Waals surface area (Å²) in [5.41, 5.74) is -0.793. The van der Waals surface area contributed by atoms with Gasteiger partial charge in [0.05, 0.1) is 11.9 Å². The van der Waals surface area contributed by atoms with Gasteiger partial charge in [-0.3, -0.25) is 14.2 Å². The molecule has 2 aromatic carbocycles. The molecule has 0 aromatic heterocycles. The number of halogens is 3. The van der Waals surface area contributed by atoms with Gasteiger partial charge in [-0.15, -0.1) is 0 Å². The highest BCUT2D eigenvalue weighted by atomic mass is 32.2. The molecule has 2 heterocycles. The van der Waals surface area contributed by atoms with Crippen molar-refractivity contribution in [3.63, 3.8) is 0 Å². The number of carbonyl (C=O) groups is 1. The van der Waals surface area contributed by atoms with Gasteiger partial charge in [0, 0.05) is 29.8 Å². The standard InChI is InChI=1S/C26H25F3N4O6S2/c1-40(36,37)31-15-7-9-17-18(10-15)41(38,39)32-25(30-17)20-24(34)19-12-2-4-13(5-3-12)23(19)33(26(20)35)11-14-6-8-16(27)22(29)21(14)28/h6-10,12-13,19,23,31,34H,2-5,11H2,1H3,(H,30,32)/t12?,13?,19-,23+/m1/s1. The molecule has 41 heavy (non-hydrogen) atoms. The largest absolute Gasteiger partial charge is 0.511 e. The van der Waals surface area contributed by atoms with E-state index in [1.165, 1.54) is 17.0 Å². The van der Waals surface area contributed by atoms with Crippen LogP contribution in [-0.2, 0) is 31.4 Å². The lowest BCUT2D eigenvalue weighted by Crippen LogP contribution is -2.60. The van der Waals surface area contributed by atoms with Crippen LogP contribution in [0, 0.1) is 35.2 Å². The number of carbonyl (C=O) groups excluding carboxylic acids is 1. The molecule has 7 rings (SSSR count). The zero-order valence-corrected chi connectivity index (χ0v) is 23.2. The fourth-order valence-corrected chi connectivity index (χ4v) is 8.35. The van der Waals surface area contributed by atoms with E-state index >= 15 is 0 Å². The molecule has 10 nitrogen and oxygen atoms in total. The Morgan fingerprint density at radius 1 is 1.07 bits per heavy atom. The van der Waals surface area contributed by atoms with Crippen LogP contribution in [0.15, 0.2) is 51.6 Å². The van der Waals surface area contributed by atoms with Crippen molar-refractivity contribution in [2.24, 2.45) is 22.7 Å². The Balaban J connectivity index is 1.46. The minimum atomic E-state index is -4.38. The van der Waals surface area contributed by atoms with Gasteiger partial charge in [-0.2, -0.15) is 0 Å². The number of nitrogens with one attached hydrogen (secondary N) is 2. The van der Waals surface area contributed by atoms with Crippen LogP contribution in [0.5, 0.6) is 0 Å². The summed E-state index contributed by atoms with van der Waals surface area (Å²) in [5.74, 6) is -6.73. The highest BCUT2D eigenvalue weighted by Gasteiger charge is 2.54. The van der Waals surface area contributed by atoms with Crippen molar-refractivity contribution < 1.29 is 39.9 Å². The van der Waals surface area contributed by atoms with E-state index in [1.807, 2.05) is 0 Å². The lowest BCUT2D eigenvalue weighted by atomic mass is 9.59. The number of amides is 1. The van der Waals surface area contributed by atoms with Crippen molar-refractivity contribution in [1.29, 1.82) is 0 Å². The van der Waals surface area contributed by atoms with Crippen LogP contribution in [-0.4, -0.2) is 50.9 Å². The summed E-state index contributed by atoms with van der Waals surface area (Å²) in [6.07, 6.45) is 3.97. The first-order valence-electron chi connectivity index (χ1n) is 12.9. The molecular formula is C26H25F3N4O6S2. The maximum atomic E-state index is 14.7. The Morgan fingerprint density at radius 3 is 2.44 bits per heavy atom. The summed E-state index contributed by atoms with van der Waals surface area (Å²) in [7, 11) is -8.08. The van der Waals surface area contributed by atoms with E-state index < -0.39 is 73.3 Å². The number of anilines is 1. The number of rotatable bonds is 5. The van der Waals surface area contributed by atoms with Crippen LogP contribution >= 0.6 is 0 Å². The quantitative estimate of drug-likeness (QED) is 0.443. The van der Waals surface area contributed by atoms with E-state index in [2.05, 4.69) is 14.4 Å². The molecule has 2 aromatic rings. The monoisotopic (exact) mass is 610 g/mol. The lowest BCUT2D eigenvalue weighted by Gasteiger charge is -2.54. The molecule has 2 atom stereocenters. The van der Waals surface area contributed by atoms with Gasteiger partial charge in [-0.05, 0) is 61.8 Å². The first kappa shape index (κ1) is 27.6. The topological polar surface area (TPSA) is 145 Å². The van der Waals surface area contributed by atoms with Crippen molar-refractivity contribution in [1.82, 2.24) is 9.62 Å². The van der Waals surface area contributed by atoms with E-state index in [9.17, 15) is 39.9 Å². The van der Waals surface area contributed by atoms with Gasteiger partial charge in [0.1, 0.15) is 16.2 Å². The number of aliphatic hydroxyl groups excluding tert-OH is 1. The number of benzene rings is 2. The highest BCUT2D eigenvalue weighted by molar-refractivity contribution is 7.92. The molecule has 3 N–H and O–H groups in total. The maximum absolute atomic E-state index is 14.7. The lowest BCUT2D eigenvalue weighted by molar-refractivity contribution is -0.140. The molecule has 2 bridgehead atoms. The van der Waals surface area contributed by atoms with Crippen LogP contribution < -0.4 is 9.44 Å². The molecule has 1 amide bonds. The zero-order chi connectivity index (χ0) is 29.4. The first-order chi connectivity index (χ1) is 19.2. The molecule has 0 unspecified atom stereocenters. The van der Waals surface area contributed by atoms with E-state index in [-0.39, 0.29) is 39.4 Å². The smallest absolute Gasteiger partial charge is 0.265 e. The van der Waals surface area contributed by atoms with Gasteiger partial charge < -0.3 is 10.0 Å². The third-order valence-electron chi connectivity index (χ3n) is 8.29. The summed E-state index contributed by atoms with van der Waals surface area (Å²) in [5, 5.41) is 11.5. The van der Waals surface area contributed by atoms with Gasteiger partial charge in [0.2, 0.25) is 10.0 Å². The summed E-state index contributed by atoms with van der Waals surface area (Å²) in [4.78, 5) is 19.2. The number of fused-ring (bicyclic) bond motifs is 3. The normalized spacial score (nSPS) is 26.7. The number of hydrogen-bond acceptors (Lipinski definition) is 7. The summed E-state index contributed by atoms with van der Waals surface area (Å²) < 4.78 is 96.5. The number of amidine groups is 1. The van der Waals surface area contributed by atoms with Gasteiger partial charge in [-0.25, -0.2) is 35.0 Å². The number of aliphatic imine (C=N–C) groups is 1. The average molecular weight is 611 g/mol. The zero-order valence-electron chi connectivity index (χ0n) is 21.6. The summed E-state index contributed by atoms with van der Waals surface area (Å²) >= 11 is 0. The number of sulfonamides is 2. The molecular weight excluding hydrogens is 585 g/mol. The van der Waals surface area contributed by atoms with E-state index in [4.69, 9.17) is 0 Å². The molecule has 3 saturated carbocycles. The summed E-state index contributed by atoms with van der Waals surface area (Å²) in [6, 6.07) is 4.89. The number of hydrogen-bond donors (Lipinski definition) is 3. The van der Waals surface area contributed by atoms with E-state index in [1.54, 1.807) is 0 Å². The molecule has 5 aliphatic rings. The van der Waals surface area contributed by atoms with Crippen molar-refractivity contribution in [2.45, 2.75) is 43.2 Å². The number of aliphatic hydroxyl groups is 1. The Morgan fingerprint density at radius 2 is 1.76 bits per heavy atom. The van der Waals surface area contributed by atoms with Gasteiger partial charge >= 0.3 is 0 Å². The third-order valence-corrected chi connectivity index (χ3v) is 10.3. The van der Waals surface area contributed by atoms with Crippen molar-refractivity contribution in [2.75, 3.05) is 11.0 Å². The summed E-state index contributed by atoms with van der Waals surface area (Å²) in [6.45, 7) is -0.430. The third kappa shape index (κ3) is 4.64. The second-order valence-corrected chi connectivity index (χ2v) is 14.2. The molecule has 0 radical (unpaired) electrons. The molecule has 2 aliphatic heterocycles. The minimum Gasteiger partial charge on any atom is -0.511 e. The van der Waals surface area contributed by atoms with Gasteiger partial charge in [-0.1, -0.05) is 6.07 Å². The van der Waals surface area contributed by atoms with Crippen molar-refractivity contribution in [3.05, 3.63) is 64.7 Å². The molecule has 0 saturated heterocycles.